The molecule has 0 saturated heterocycles. The molecule has 0 unspecified atom stereocenters. The first-order valence-electron chi connectivity index (χ1n) is 13.0. The molecular weight excluding hydrogens is 505 g/mol. The SMILES string of the molecule is Cc1cnc2cc(C3CCC(c4ccc5c(cnn5C)c4)CC3)c(=O)n(Cc3ncccc3C(F)(F)F)c2n1. The molecule has 0 spiro atoms. The normalized spacial score (nSPS) is 18.2. The first-order chi connectivity index (χ1) is 18.7. The summed E-state index contributed by atoms with van der Waals surface area (Å²) in [5.74, 6) is 0.360. The first kappa shape index (κ1) is 25.2. The number of hydrogen-bond acceptors (Lipinski definition) is 5. The van der Waals surface area contributed by atoms with Crippen LogP contribution in [-0.2, 0) is 19.8 Å². The Balaban J connectivity index is 1.34. The van der Waals surface area contributed by atoms with Crippen LogP contribution in [0.5, 0.6) is 0 Å². The number of rotatable bonds is 4. The molecule has 0 aliphatic heterocycles. The van der Waals surface area contributed by atoms with Crippen LogP contribution >= 0.6 is 0 Å². The van der Waals surface area contributed by atoms with Gasteiger partial charge in [-0.2, -0.15) is 18.3 Å². The van der Waals surface area contributed by atoms with Gasteiger partial charge in [-0.25, -0.2) is 4.98 Å². The maximum Gasteiger partial charge on any atom is 0.418 e. The second-order valence-electron chi connectivity index (χ2n) is 10.3. The van der Waals surface area contributed by atoms with E-state index in [9.17, 15) is 18.0 Å². The van der Waals surface area contributed by atoms with Crippen molar-refractivity contribution in [1.29, 1.82) is 0 Å². The topological polar surface area (TPSA) is 78.5 Å². The Labute approximate surface area is 222 Å². The third-order valence-corrected chi connectivity index (χ3v) is 7.85. The molecule has 1 aliphatic rings. The average Bonchev–Trinajstić information content (AvgIpc) is 3.30. The van der Waals surface area contributed by atoms with E-state index in [1.807, 2.05) is 17.9 Å². The molecule has 6 rings (SSSR count). The number of aryl methyl sites for hydroxylation is 2. The third-order valence-electron chi connectivity index (χ3n) is 7.85. The van der Waals surface area contributed by atoms with Gasteiger partial charge in [-0.05, 0) is 80.3 Å². The van der Waals surface area contributed by atoms with Crippen molar-refractivity contribution in [2.45, 2.75) is 57.2 Å². The number of fused-ring (bicyclic) bond motifs is 2. The van der Waals surface area contributed by atoms with Gasteiger partial charge in [0.15, 0.2) is 5.65 Å². The lowest BCUT2D eigenvalue weighted by Crippen LogP contribution is -2.29. The molecule has 7 nitrogen and oxygen atoms in total. The van der Waals surface area contributed by atoms with Crippen molar-refractivity contribution in [1.82, 2.24) is 29.3 Å². The van der Waals surface area contributed by atoms with E-state index < -0.39 is 11.7 Å². The molecule has 5 aromatic rings. The summed E-state index contributed by atoms with van der Waals surface area (Å²) in [6.45, 7) is 1.40. The van der Waals surface area contributed by atoms with Crippen molar-refractivity contribution in [2.75, 3.05) is 0 Å². The van der Waals surface area contributed by atoms with Gasteiger partial charge in [-0.1, -0.05) is 6.07 Å². The Morgan fingerprint density at radius 3 is 2.54 bits per heavy atom. The summed E-state index contributed by atoms with van der Waals surface area (Å²) in [7, 11) is 1.92. The van der Waals surface area contributed by atoms with Crippen LogP contribution in [0.1, 0.15) is 65.6 Å². The van der Waals surface area contributed by atoms with Crippen LogP contribution in [0.15, 0.2) is 59.8 Å². The van der Waals surface area contributed by atoms with Crippen LogP contribution in [0.3, 0.4) is 0 Å². The highest BCUT2D eigenvalue weighted by atomic mass is 19.4. The summed E-state index contributed by atoms with van der Waals surface area (Å²) in [5.41, 5.74) is 2.85. The molecule has 4 heterocycles. The molecule has 0 N–H and O–H groups in total. The summed E-state index contributed by atoms with van der Waals surface area (Å²) in [6, 6.07) is 10.5. The molecule has 1 saturated carbocycles. The molecule has 200 valence electrons. The summed E-state index contributed by atoms with van der Waals surface area (Å²) in [4.78, 5) is 26.8. The molecule has 0 bridgehead atoms. The van der Waals surface area contributed by atoms with E-state index in [1.54, 1.807) is 19.2 Å². The third kappa shape index (κ3) is 4.68. The largest absolute Gasteiger partial charge is 0.418 e. The average molecular weight is 533 g/mol. The van der Waals surface area contributed by atoms with Crippen LogP contribution in [0.25, 0.3) is 22.1 Å². The minimum absolute atomic E-state index is 0.0135. The highest BCUT2D eigenvalue weighted by molar-refractivity contribution is 5.79. The van der Waals surface area contributed by atoms with Gasteiger partial charge < -0.3 is 0 Å². The van der Waals surface area contributed by atoms with E-state index in [1.165, 1.54) is 22.4 Å². The smallest absolute Gasteiger partial charge is 0.285 e. The van der Waals surface area contributed by atoms with E-state index in [-0.39, 0.29) is 29.4 Å². The highest BCUT2D eigenvalue weighted by Crippen LogP contribution is 2.40. The van der Waals surface area contributed by atoms with Crippen LogP contribution in [0.4, 0.5) is 13.2 Å². The fourth-order valence-electron chi connectivity index (χ4n) is 5.82. The molecule has 1 aliphatic carbocycles. The summed E-state index contributed by atoms with van der Waals surface area (Å²) >= 11 is 0. The van der Waals surface area contributed by atoms with Crippen LogP contribution in [0.2, 0.25) is 0 Å². The molecule has 1 aromatic carbocycles. The van der Waals surface area contributed by atoms with Gasteiger partial charge in [0, 0.05) is 30.4 Å². The second-order valence-corrected chi connectivity index (χ2v) is 10.3. The second kappa shape index (κ2) is 9.59. The van der Waals surface area contributed by atoms with Crippen LogP contribution in [0, 0.1) is 6.92 Å². The predicted molar refractivity (Wildman–Crippen MR) is 142 cm³/mol. The van der Waals surface area contributed by atoms with Gasteiger partial charge in [0.25, 0.3) is 5.56 Å². The molecule has 4 aromatic heterocycles. The van der Waals surface area contributed by atoms with Gasteiger partial charge in [-0.3, -0.25) is 24.0 Å². The van der Waals surface area contributed by atoms with Crippen molar-refractivity contribution >= 4 is 22.1 Å². The van der Waals surface area contributed by atoms with Crippen LogP contribution in [-0.4, -0.2) is 29.3 Å². The lowest BCUT2D eigenvalue weighted by molar-refractivity contribution is -0.138. The number of benzene rings is 1. The summed E-state index contributed by atoms with van der Waals surface area (Å²) in [6.07, 6.45) is 3.62. The highest BCUT2D eigenvalue weighted by Gasteiger charge is 2.34. The van der Waals surface area contributed by atoms with Gasteiger partial charge in [-0.15, -0.1) is 0 Å². The van der Waals surface area contributed by atoms with Crippen LogP contribution < -0.4 is 5.56 Å². The predicted octanol–water partition coefficient (Wildman–Crippen LogP) is 5.89. The standard InChI is InChI=1S/C29H27F3N6O/c1-17-14-34-24-13-22(19-7-5-18(6-8-19)20-9-10-26-21(12-20)15-35-37(26)2)28(39)38(27(24)36-17)16-25-23(29(30,31)32)4-3-11-33-25/h3-4,9-15,18-19H,5-8,16H2,1-2H3. The number of aromatic nitrogens is 6. The van der Waals surface area contributed by atoms with Crippen molar-refractivity contribution in [2.24, 2.45) is 7.05 Å². The lowest BCUT2D eigenvalue weighted by atomic mass is 9.76. The first-order valence-corrected chi connectivity index (χ1v) is 13.0. The maximum atomic E-state index is 13.8. The molecule has 0 amide bonds. The van der Waals surface area contributed by atoms with Crippen molar-refractivity contribution in [3.8, 4) is 0 Å². The van der Waals surface area contributed by atoms with Gasteiger partial charge >= 0.3 is 6.18 Å². The number of pyridine rings is 2. The molecule has 39 heavy (non-hydrogen) atoms. The van der Waals surface area contributed by atoms with E-state index in [4.69, 9.17) is 0 Å². The lowest BCUT2D eigenvalue weighted by Gasteiger charge is -2.29. The molecule has 10 heteroatoms. The number of halogens is 3. The molecule has 0 radical (unpaired) electrons. The molecule has 0 atom stereocenters. The Hall–Kier alpha value is -4.08. The monoisotopic (exact) mass is 532 g/mol. The van der Waals surface area contributed by atoms with Gasteiger partial charge in [0.05, 0.1) is 35.2 Å². The number of alkyl halides is 3. The van der Waals surface area contributed by atoms with E-state index >= 15 is 0 Å². The zero-order valence-electron chi connectivity index (χ0n) is 21.6. The Bertz CT molecular complexity index is 1750. The Morgan fingerprint density at radius 2 is 1.77 bits per heavy atom. The number of nitrogens with zero attached hydrogens (tertiary/aromatic N) is 6. The zero-order valence-corrected chi connectivity index (χ0v) is 21.6. The quantitative estimate of drug-likeness (QED) is 0.288. The minimum atomic E-state index is -4.58. The Kier molecular flexibility index (Phi) is 6.20. The van der Waals surface area contributed by atoms with Crippen molar-refractivity contribution < 1.29 is 13.2 Å². The fourth-order valence-corrected chi connectivity index (χ4v) is 5.82. The van der Waals surface area contributed by atoms with Crippen molar-refractivity contribution in [3.05, 3.63) is 93.4 Å². The summed E-state index contributed by atoms with van der Waals surface area (Å²) in [5, 5.41) is 5.44. The van der Waals surface area contributed by atoms with E-state index in [0.717, 1.165) is 42.7 Å². The fraction of sp³-hybridized carbons (Fsp3) is 0.345. The summed E-state index contributed by atoms with van der Waals surface area (Å²) < 4.78 is 44.3. The molecular formula is C29H27F3N6O. The van der Waals surface area contributed by atoms with Crippen molar-refractivity contribution in [3.63, 3.8) is 0 Å². The van der Waals surface area contributed by atoms with Gasteiger partial charge in [0.2, 0.25) is 0 Å². The zero-order chi connectivity index (χ0) is 27.3. The van der Waals surface area contributed by atoms with E-state index in [2.05, 4.69) is 38.2 Å². The minimum Gasteiger partial charge on any atom is -0.285 e. The number of hydrogen-bond donors (Lipinski definition) is 0. The maximum absolute atomic E-state index is 13.8. The van der Waals surface area contributed by atoms with E-state index in [0.29, 0.717) is 22.7 Å². The molecule has 1 fully saturated rings. The Morgan fingerprint density at radius 1 is 1.00 bits per heavy atom. The van der Waals surface area contributed by atoms with Gasteiger partial charge in [0.1, 0.15) is 5.52 Å².